The van der Waals surface area contributed by atoms with Gasteiger partial charge >= 0.3 is 0 Å². The molecule has 0 spiro atoms. The molecule has 0 saturated heterocycles. The summed E-state index contributed by atoms with van der Waals surface area (Å²) in [4.78, 5) is 28.1. The number of rotatable bonds is 4. The molecular formula is C18H11FN6OS2. The van der Waals surface area contributed by atoms with E-state index in [1.165, 1.54) is 41.6 Å². The van der Waals surface area contributed by atoms with Gasteiger partial charge in [-0.15, -0.1) is 11.3 Å². The van der Waals surface area contributed by atoms with E-state index in [0.29, 0.717) is 33.1 Å². The fourth-order valence-corrected chi connectivity index (χ4v) is 4.39. The molecule has 0 bridgehead atoms. The topological polar surface area (TPSA) is 89.4 Å². The zero-order valence-electron chi connectivity index (χ0n) is 14.2. The van der Waals surface area contributed by atoms with E-state index < -0.39 is 0 Å². The van der Waals surface area contributed by atoms with Gasteiger partial charge in [-0.2, -0.15) is 5.10 Å². The van der Waals surface area contributed by atoms with Crippen LogP contribution in [0.25, 0.3) is 26.9 Å². The minimum atomic E-state index is -0.310. The van der Waals surface area contributed by atoms with Crippen molar-refractivity contribution < 1.29 is 4.39 Å². The number of thioether (sulfide) groups is 1. The van der Waals surface area contributed by atoms with Crippen molar-refractivity contribution in [1.82, 2.24) is 29.7 Å². The van der Waals surface area contributed by atoms with E-state index in [1.54, 1.807) is 23.0 Å². The van der Waals surface area contributed by atoms with E-state index in [-0.39, 0.29) is 11.4 Å². The molecule has 1 N–H and O–H groups in total. The molecule has 0 unspecified atom stereocenters. The summed E-state index contributed by atoms with van der Waals surface area (Å²) in [6, 6.07) is 7.87. The van der Waals surface area contributed by atoms with Gasteiger partial charge in [0.05, 0.1) is 28.5 Å². The lowest BCUT2D eigenvalue weighted by atomic mass is 10.3. The highest BCUT2D eigenvalue weighted by molar-refractivity contribution is 7.98. The van der Waals surface area contributed by atoms with Crippen molar-refractivity contribution in [3.8, 4) is 5.69 Å². The molecule has 4 heterocycles. The summed E-state index contributed by atoms with van der Waals surface area (Å²) in [5, 5.41) is 7.72. The molecular weight excluding hydrogens is 399 g/mol. The average molecular weight is 410 g/mol. The molecule has 5 rings (SSSR count). The molecule has 138 valence electrons. The molecule has 0 atom stereocenters. The van der Waals surface area contributed by atoms with Crippen LogP contribution in [0.15, 0.2) is 58.1 Å². The van der Waals surface area contributed by atoms with Crippen LogP contribution in [0.5, 0.6) is 0 Å². The van der Waals surface area contributed by atoms with Crippen LogP contribution in [-0.2, 0) is 5.75 Å². The first-order valence-corrected chi connectivity index (χ1v) is 10.1. The zero-order valence-corrected chi connectivity index (χ0v) is 15.8. The van der Waals surface area contributed by atoms with Gasteiger partial charge in [0.25, 0.3) is 5.56 Å². The Morgan fingerprint density at radius 2 is 2.04 bits per heavy atom. The maximum absolute atomic E-state index is 13.2. The maximum Gasteiger partial charge on any atom is 0.268 e. The largest absolute Gasteiger partial charge is 0.309 e. The monoisotopic (exact) mass is 410 g/mol. The van der Waals surface area contributed by atoms with Crippen molar-refractivity contribution in [3.05, 3.63) is 70.2 Å². The highest BCUT2D eigenvalue weighted by atomic mass is 32.2. The summed E-state index contributed by atoms with van der Waals surface area (Å²) in [5.74, 6) is 0.725. The average Bonchev–Trinajstić information content (AvgIpc) is 3.34. The number of aromatic amines is 1. The standard InChI is InChI=1S/C18H11FN6OS2/c19-10-1-3-11(4-2-10)25-16-12(7-22-25)18(21-9-20-16)28-8-14-23-13-5-6-27-15(13)17(26)24-14/h1-7,9H,8H2,(H,23,24,26). The first-order chi connectivity index (χ1) is 13.7. The van der Waals surface area contributed by atoms with Gasteiger partial charge in [-0.25, -0.2) is 24.0 Å². The second-order valence-corrected chi connectivity index (χ2v) is 7.77. The van der Waals surface area contributed by atoms with Crippen LogP contribution in [0.2, 0.25) is 0 Å². The van der Waals surface area contributed by atoms with Crippen LogP contribution in [0.4, 0.5) is 4.39 Å². The van der Waals surface area contributed by atoms with Gasteiger partial charge in [-0.3, -0.25) is 4.79 Å². The molecule has 0 aliphatic rings. The molecule has 0 fully saturated rings. The maximum atomic E-state index is 13.2. The van der Waals surface area contributed by atoms with Crippen molar-refractivity contribution >= 4 is 44.3 Å². The number of fused-ring (bicyclic) bond motifs is 2. The fourth-order valence-electron chi connectivity index (χ4n) is 2.84. The second-order valence-electron chi connectivity index (χ2n) is 5.89. The first-order valence-electron chi connectivity index (χ1n) is 8.23. The minimum Gasteiger partial charge on any atom is -0.309 e. The van der Waals surface area contributed by atoms with Crippen molar-refractivity contribution in [2.24, 2.45) is 0 Å². The molecule has 7 nitrogen and oxygen atoms in total. The Hall–Kier alpha value is -3.11. The smallest absolute Gasteiger partial charge is 0.268 e. The van der Waals surface area contributed by atoms with Gasteiger partial charge in [-0.05, 0) is 35.7 Å². The van der Waals surface area contributed by atoms with Crippen LogP contribution in [-0.4, -0.2) is 29.7 Å². The number of aromatic nitrogens is 6. The molecule has 0 radical (unpaired) electrons. The lowest BCUT2D eigenvalue weighted by molar-refractivity contribution is 0.627. The summed E-state index contributed by atoms with van der Waals surface area (Å²) in [6.45, 7) is 0. The Kier molecular flexibility index (Phi) is 4.14. The van der Waals surface area contributed by atoms with E-state index >= 15 is 0 Å². The lowest BCUT2D eigenvalue weighted by Crippen LogP contribution is -2.09. The molecule has 28 heavy (non-hydrogen) atoms. The van der Waals surface area contributed by atoms with Crippen molar-refractivity contribution in [3.63, 3.8) is 0 Å². The summed E-state index contributed by atoms with van der Waals surface area (Å²) in [6.07, 6.45) is 3.14. The van der Waals surface area contributed by atoms with Gasteiger partial charge in [0.1, 0.15) is 27.7 Å². The Morgan fingerprint density at radius 3 is 2.89 bits per heavy atom. The van der Waals surface area contributed by atoms with Crippen LogP contribution in [0.3, 0.4) is 0 Å². The van der Waals surface area contributed by atoms with E-state index in [2.05, 4.69) is 25.0 Å². The third kappa shape index (κ3) is 2.96. The predicted octanol–water partition coefficient (Wildman–Crippen LogP) is 3.54. The molecule has 0 aliphatic carbocycles. The van der Waals surface area contributed by atoms with Gasteiger partial charge in [0, 0.05) is 0 Å². The molecule has 5 aromatic rings. The third-order valence-electron chi connectivity index (χ3n) is 4.11. The highest BCUT2D eigenvalue weighted by Crippen LogP contribution is 2.28. The quantitative estimate of drug-likeness (QED) is 0.360. The van der Waals surface area contributed by atoms with Crippen LogP contribution in [0, 0.1) is 5.82 Å². The molecule has 10 heteroatoms. The Balaban J connectivity index is 1.47. The Labute approximate surface area is 165 Å². The molecule has 0 saturated carbocycles. The number of hydrogen-bond acceptors (Lipinski definition) is 7. The SMILES string of the molecule is O=c1[nH]c(CSc2ncnc3c2cnn3-c2ccc(F)cc2)nc2ccsc12. The molecule has 4 aromatic heterocycles. The van der Waals surface area contributed by atoms with E-state index in [9.17, 15) is 9.18 Å². The predicted molar refractivity (Wildman–Crippen MR) is 106 cm³/mol. The number of halogens is 1. The summed E-state index contributed by atoms with van der Waals surface area (Å²) >= 11 is 2.81. The van der Waals surface area contributed by atoms with Gasteiger partial charge in [0.15, 0.2) is 5.65 Å². The summed E-state index contributed by atoms with van der Waals surface area (Å²) in [5.41, 5.74) is 1.90. The zero-order chi connectivity index (χ0) is 19.1. The van der Waals surface area contributed by atoms with Crippen LogP contribution >= 0.6 is 23.1 Å². The highest BCUT2D eigenvalue weighted by Gasteiger charge is 2.13. The van der Waals surface area contributed by atoms with Crippen molar-refractivity contribution in [2.45, 2.75) is 10.8 Å². The van der Waals surface area contributed by atoms with Crippen molar-refractivity contribution in [1.29, 1.82) is 0 Å². The third-order valence-corrected chi connectivity index (χ3v) is 6.03. The van der Waals surface area contributed by atoms with E-state index in [0.717, 1.165) is 10.4 Å². The first kappa shape index (κ1) is 17.0. The second kappa shape index (κ2) is 6.80. The number of hydrogen-bond donors (Lipinski definition) is 1. The number of nitrogens with one attached hydrogen (secondary N) is 1. The number of benzene rings is 1. The minimum absolute atomic E-state index is 0.132. The Bertz CT molecular complexity index is 1360. The molecule has 0 amide bonds. The number of H-pyrrole nitrogens is 1. The van der Waals surface area contributed by atoms with Gasteiger partial charge < -0.3 is 4.98 Å². The van der Waals surface area contributed by atoms with E-state index in [1.807, 2.05) is 11.4 Å². The van der Waals surface area contributed by atoms with Gasteiger partial charge in [-0.1, -0.05) is 11.8 Å². The number of thiophene rings is 1. The summed E-state index contributed by atoms with van der Waals surface area (Å²) in [7, 11) is 0. The Morgan fingerprint density at radius 1 is 1.18 bits per heavy atom. The number of nitrogens with zero attached hydrogens (tertiary/aromatic N) is 5. The molecule has 0 aliphatic heterocycles. The van der Waals surface area contributed by atoms with Crippen LogP contribution in [0.1, 0.15) is 5.82 Å². The van der Waals surface area contributed by atoms with Crippen molar-refractivity contribution in [2.75, 3.05) is 0 Å². The molecule has 1 aromatic carbocycles. The van der Waals surface area contributed by atoms with Gasteiger partial charge in [0.2, 0.25) is 0 Å². The normalized spacial score (nSPS) is 11.5. The van der Waals surface area contributed by atoms with Crippen LogP contribution < -0.4 is 5.56 Å². The fraction of sp³-hybridized carbons (Fsp3) is 0.0556. The van der Waals surface area contributed by atoms with E-state index in [4.69, 9.17) is 0 Å². The lowest BCUT2D eigenvalue weighted by Gasteiger charge is -2.04. The summed E-state index contributed by atoms with van der Waals surface area (Å²) < 4.78 is 15.4.